The van der Waals surface area contributed by atoms with Crippen LogP contribution in [-0.2, 0) is 6.42 Å². The monoisotopic (exact) mass is 196 g/mol. The lowest BCUT2D eigenvalue weighted by atomic mass is 10.1. The summed E-state index contributed by atoms with van der Waals surface area (Å²) >= 11 is 0. The molecule has 1 saturated heterocycles. The molecule has 1 aromatic heterocycles. The molecule has 2 N–H and O–H groups in total. The number of nitrogens with zero attached hydrogens (tertiary/aromatic N) is 2. The lowest BCUT2D eigenvalue weighted by molar-refractivity contribution is 0.383. The fourth-order valence-electron chi connectivity index (χ4n) is 1.72. The van der Waals surface area contributed by atoms with Crippen LogP contribution in [0.2, 0.25) is 0 Å². The van der Waals surface area contributed by atoms with Gasteiger partial charge in [0.2, 0.25) is 6.39 Å². The van der Waals surface area contributed by atoms with Crippen molar-refractivity contribution in [2.75, 3.05) is 19.6 Å². The molecule has 2 rings (SSSR count). The smallest absolute Gasteiger partial charge is 0.213 e. The van der Waals surface area contributed by atoms with Crippen LogP contribution in [0.4, 0.5) is 0 Å². The van der Waals surface area contributed by atoms with Crippen LogP contribution in [0.3, 0.4) is 0 Å². The van der Waals surface area contributed by atoms with Gasteiger partial charge in [-0.2, -0.15) is 4.98 Å². The Labute approximate surface area is 83.3 Å². The van der Waals surface area contributed by atoms with Crippen molar-refractivity contribution in [2.45, 2.75) is 25.3 Å². The minimum Gasteiger partial charge on any atom is -0.343 e. The fourth-order valence-corrected chi connectivity index (χ4v) is 1.72. The van der Waals surface area contributed by atoms with Crippen molar-refractivity contribution in [3.8, 4) is 0 Å². The zero-order valence-corrected chi connectivity index (χ0v) is 8.20. The van der Waals surface area contributed by atoms with E-state index in [1.54, 1.807) is 0 Å². The van der Waals surface area contributed by atoms with Crippen LogP contribution >= 0.6 is 0 Å². The molecule has 5 heteroatoms. The van der Waals surface area contributed by atoms with Gasteiger partial charge in [-0.1, -0.05) is 5.16 Å². The van der Waals surface area contributed by atoms with Gasteiger partial charge >= 0.3 is 0 Å². The maximum absolute atomic E-state index is 4.66. The molecule has 0 unspecified atom stereocenters. The molecule has 78 valence electrons. The van der Waals surface area contributed by atoms with Crippen LogP contribution < -0.4 is 10.6 Å². The maximum Gasteiger partial charge on any atom is 0.213 e. The Kier molecular flexibility index (Phi) is 3.48. The number of hydrogen-bond donors (Lipinski definition) is 2. The van der Waals surface area contributed by atoms with Gasteiger partial charge in [0.15, 0.2) is 5.82 Å². The predicted molar refractivity (Wildman–Crippen MR) is 51.9 cm³/mol. The zero-order valence-electron chi connectivity index (χ0n) is 8.20. The normalized spacial score (nSPS) is 18.6. The SMILES string of the molecule is c1nc(CCNC2CCNCC2)no1. The molecule has 0 bridgehead atoms. The van der Waals surface area contributed by atoms with Gasteiger partial charge in [0, 0.05) is 19.0 Å². The second-order valence-corrected chi connectivity index (χ2v) is 3.58. The summed E-state index contributed by atoms with van der Waals surface area (Å²) in [4.78, 5) is 3.97. The average molecular weight is 196 g/mol. The molecule has 0 saturated carbocycles. The Morgan fingerprint density at radius 2 is 2.36 bits per heavy atom. The van der Waals surface area contributed by atoms with E-state index in [9.17, 15) is 0 Å². The molecule has 1 aromatic rings. The third-order valence-corrected chi connectivity index (χ3v) is 2.53. The molecular formula is C9H16N4O. The van der Waals surface area contributed by atoms with Crippen molar-refractivity contribution in [2.24, 2.45) is 0 Å². The lowest BCUT2D eigenvalue weighted by Gasteiger charge is -2.23. The van der Waals surface area contributed by atoms with Crippen molar-refractivity contribution < 1.29 is 4.52 Å². The molecule has 2 heterocycles. The Bertz CT molecular complexity index is 243. The van der Waals surface area contributed by atoms with Crippen molar-refractivity contribution in [3.05, 3.63) is 12.2 Å². The lowest BCUT2D eigenvalue weighted by Crippen LogP contribution is -2.40. The Hall–Kier alpha value is -0.940. The fraction of sp³-hybridized carbons (Fsp3) is 0.778. The first-order valence-electron chi connectivity index (χ1n) is 5.14. The molecule has 0 spiro atoms. The Balaban J connectivity index is 1.62. The van der Waals surface area contributed by atoms with Crippen LogP contribution in [-0.4, -0.2) is 35.8 Å². The molecule has 1 aliphatic heterocycles. The number of piperidine rings is 1. The van der Waals surface area contributed by atoms with Gasteiger partial charge in [0.05, 0.1) is 0 Å². The molecule has 14 heavy (non-hydrogen) atoms. The predicted octanol–water partition coefficient (Wildman–Crippen LogP) is -0.0463. The van der Waals surface area contributed by atoms with Crippen LogP contribution in [0.15, 0.2) is 10.9 Å². The van der Waals surface area contributed by atoms with Gasteiger partial charge in [-0.3, -0.25) is 0 Å². The first-order valence-corrected chi connectivity index (χ1v) is 5.14. The van der Waals surface area contributed by atoms with Crippen molar-refractivity contribution in [1.82, 2.24) is 20.8 Å². The molecule has 5 nitrogen and oxygen atoms in total. The van der Waals surface area contributed by atoms with Crippen molar-refractivity contribution in [3.63, 3.8) is 0 Å². The summed E-state index contributed by atoms with van der Waals surface area (Å²) in [6, 6.07) is 0.656. The number of hydrogen-bond acceptors (Lipinski definition) is 5. The molecule has 0 aromatic carbocycles. The highest BCUT2D eigenvalue weighted by Crippen LogP contribution is 2.01. The van der Waals surface area contributed by atoms with Crippen LogP contribution in [0.25, 0.3) is 0 Å². The number of rotatable bonds is 4. The van der Waals surface area contributed by atoms with Gasteiger partial charge in [-0.25, -0.2) is 0 Å². The molecular weight excluding hydrogens is 180 g/mol. The molecule has 0 atom stereocenters. The van der Waals surface area contributed by atoms with E-state index in [1.807, 2.05) is 0 Å². The summed E-state index contributed by atoms with van der Waals surface area (Å²) in [6.07, 6.45) is 4.65. The minimum atomic E-state index is 0.656. The quantitative estimate of drug-likeness (QED) is 0.707. The molecule has 0 amide bonds. The summed E-state index contributed by atoms with van der Waals surface area (Å²) in [5, 5.41) is 10.6. The highest BCUT2D eigenvalue weighted by atomic mass is 16.5. The minimum absolute atomic E-state index is 0.656. The Morgan fingerprint density at radius 3 is 3.07 bits per heavy atom. The largest absolute Gasteiger partial charge is 0.343 e. The first-order chi connectivity index (χ1) is 6.95. The third-order valence-electron chi connectivity index (χ3n) is 2.53. The molecule has 0 aliphatic carbocycles. The zero-order chi connectivity index (χ0) is 9.64. The maximum atomic E-state index is 4.66. The molecule has 1 fully saturated rings. The van der Waals surface area contributed by atoms with E-state index in [-0.39, 0.29) is 0 Å². The highest BCUT2D eigenvalue weighted by Gasteiger charge is 2.11. The van der Waals surface area contributed by atoms with E-state index in [2.05, 4.69) is 25.3 Å². The highest BCUT2D eigenvalue weighted by molar-refractivity contribution is 4.81. The van der Waals surface area contributed by atoms with Crippen LogP contribution in [0, 0.1) is 0 Å². The van der Waals surface area contributed by atoms with Crippen LogP contribution in [0.1, 0.15) is 18.7 Å². The van der Waals surface area contributed by atoms with Crippen molar-refractivity contribution >= 4 is 0 Å². The average Bonchev–Trinajstić information content (AvgIpc) is 2.72. The summed E-state index contributed by atoms with van der Waals surface area (Å²) in [5.74, 6) is 0.784. The summed E-state index contributed by atoms with van der Waals surface area (Å²) in [7, 11) is 0. The summed E-state index contributed by atoms with van der Waals surface area (Å²) in [5.41, 5.74) is 0. The van der Waals surface area contributed by atoms with Crippen LogP contribution in [0.5, 0.6) is 0 Å². The van der Waals surface area contributed by atoms with Gasteiger partial charge < -0.3 is 15.2 Å². The van der Waals surface area contributed by atoms with E-state index >= 15 is 0 Å². The van der Waals surface area contributed by atoms with E-state index in [0.29, 0.717) is 6.04 Å². The standard InChI is InChI=1S/C9H16N4O/c1-4-10-5-2-8(1)11-6-3-9-12-7-14-13-9/h7-8,10-11H,1-6H2. The van der Waals surface area contributed by atoms with E-state index in [1.165, 1.54) is 19.2 Å². The van der Waals surface area contributed by atoms with Crippen molar-refractivity contribution in [1.29, 1.82) is 0 Å². The Morgan fingerprint density at radius 1 is 1.50 bits per heavy atom. The van der Waals surface area contributed by atoms with Gasteiger partial charge in [0.1, 0.15) is 0 Å². The van der Waals surface area contributed by atoms with Gasteiger partial charge in [0.25, 0.3) is 0 Å². The van der Waals surface area contributed by atoms with E-state index < -0.39 is 0 Å². The first kappa shape index (κ1) is 9.61. The third kappa shape index (κ3) is 2.78. The van der Waals surface area contributed by atoms with Gasteiger partial charge in [-0.15, -0.1) is 0 Å². The van der Waals surface area contributed by atoms with E-state index in [4.69, 9.17) is 0 Å². The summed E-state index contributed by atoms with van der Waals surface area (Å²) < 4.78 is 4.66. The number of nitrogens with one attached hydrogen (secondary N) is 2. The molecule has 1 aliphatic rings. The second kappa shape index (κ2) is 5.07. The van der Waals surface area contributed by atoms with Gasteiger partial charge in [-0.05, 0) is 25.9 Å². The topological polar surface area (TPSA) is 63.0 Å². The summed E-state index contributed by atoms with van der Waals surface area (Å²) in [6.45, 7) is 3.18. The number of aromatic nitrogens is 2. The second-order valence-electron chi connectivity index (χ2n) is 3.58. The van der Waals surface area contributed by atoms with E-state index in [0.717, 1.165) is 31.9 Å². The molecule has 0 radical (unpaired) electrons.